The number of hydrogen-bond acceptors (Lipinski definition) is 2. The maximum absolute atomic E-state index is 11.3. The Bertz CT molecular complexity index is 191. The zero-order valence-corrected chi connectivity index (χ0v) is 8.33. The molecule has 0 aromatic heterocycles. The van der Waals surface area contributed by atoms with Gasteiger partial charge in [0.05, 0.1) is 12.3 Å². The highest BCUT2D eigenvalue weighted by molar-refractivity contribution is 5.83. The molecule has 0 saturated heterocycles. The number of carbonyl (C=O) groups excluding carboxylic acids is 1. The van der Waals surface area contributed by atoms with Gasteiger partial charge in [0.2, 0.25) is 5.91 Å². The van der Waals surface area contributed by atoms with Crippen LogP contribution in [0.5, 0.6) is 0 Å². The molecule has 13 heavy (non-hydrogen) atoms. The third-order valence-electron chi connectivity index (χ3n) is 2.31. The van der Waals surface area contributed by atoms with Gasteiger partial charge in [-0.2, -0.15) is 0 Å². The van der Waals surface area contributed by atoms with Gasteiger partial charge in [-0.15, -0.1) is 0 Å². The van der Waals surface area contributed by atoms with Crippen molar-refractivity contribution in [2.45, 2.75) is 26.7 Å². The normalized spacial score (nSPS) is 14.7. The van der Waals surface area contributed by atoms with E-state index in [1.54, 1.807) is 0 Å². The Morgan fingerprint density at radius 3 is 2.31 bits per heavy atom. The lowest BCUT2D eigenvalue weighted by molar-refractivity contribution is -0.142. The van der Waals surface area contributed by atoms with E-state index in [9.17, 15) is 9.59 Å². The fraction of sp³-hybridized carbons (Fsp3) is 0.778. The van der Waals surface area contributed by atoms with E-state index in [1.807, 2.05) is 13.8 Å². The number of carbonyl (C=O) groups is 2. The maximum atomic E-state index is 11.3. The molecular weight excluding hydrogens is 170 g/mol. The largest absolute Gasteiger partial charge is 0.481 e. The summed E-state index contributed by atoms with van der Waals surface area (Å²) in [5, 5.41) is 11.1. The van der Waals surface area contributed by atoms with Gasteiger partial charge in [-0.05, 0) is 5.92 Å². The average Bonchev–Trinajstić information content (AvgIpc) is 2.11. The Hall–Kier alpha value is -1.06. The molecule has 0 radical (unpaired) electrons. The number of aliphatic carboxylic acids is 1. The van der Waals surface area contributed by atoms with Gasteiger partial charge in [-0.1, -0.05) is 20.3 Å². The molecule has 0 aliphatic carbocycles. The van der Waals surface area contributed by atoms with Gasteiger partial charge < -0.3 is 10.4 Å². The van der Waals surface area contributed by atoms with Crippen LogP contribution in [-0.2, 0) is 9.59 Å². The van der Waals surface area contributed by atoms with Crippen LogP contribution in [0.4, 0.5) is 0 Å². The standard InChI is InChI=1S/C9H17NO3/c1-4-6(2)7(5-8(11)12)9(13)10-3/h6-7H,4-5H2,1-3H3,(H,10,13)(H,11,12). The molecule has 4 nitrogen and oxygen atoms in total. The number of carboxylic acid groups (broad SMARTS) is 1. The second-order valence-electron chi connectivity index (χ2n) is 3.20. The van der Waals surface area contributed by atoms with Crippen molar-refractivity contribution < 1.29 is 14.7 Å². The van der Waals surface area contributed by atoms with Crippen LogP contribution >= 0.6 is 0 Å². The molecule has 0 aliphatic heterocycles. The van der Waals surface area contributed by atoms with Crippen LogP contribution in [0.25, 0.3) is 0 Å². The average molecular weight is 187 g/mol. The van der Waals surface area contributed by atoms with E-state index < -0.39 is 11.9 Å². The van der Waals surface area contributed by atoms with Crippen LogP contribution in [0.2, 0.25) is 0 Å². The summed E-state index contributed by atoms with van der Waals surface area (Å²) < 4.78 is 0. The number of amides is 1. The first-order valence-corrected chi connectivity index (χ1v) is 4.46. The number of carboxylic acids is 1. The van der Waals surface area contributed by atoms with Crippen LogP contribution in [-0.4, -0.2) is 24.0 Å². The van der Waals surface area contributed by atoms with Crippen LogP contribution < -0.4 is 5.32 Å². The van der Waals surface area contributed by atoms with E-state index in [4.69, 9.17) is 5.11 Å². The second-order valence-corrected chi connectivity index (χ2v) is 3.20. The van der Waals surface area contributed by atoms with Gasteiger partial charge in [0.25, 0.3) is 0 Å². The molecule has 2 unspecified atom stereocenters. The summed E-state index contributed by atoms with van der Waals surface area (Å²) in [5.74, 6) is -1.41. The minimum Gasteiger partial charge on any atom is -0.481 e. The Labute approximate surface area is 78.3 Å². The lowest BCUT2D eigenvalue weighted by Crippen LogP contribution is -2.33. The Morgan fingerprint density at radius 2 is 2.00 bits per heavy atom. The van der Waals surface area contributed by atoms with E-state index in [0.717, 1.165) is 6.42 Å². The maximum Gasteiger partial charge on any atom is 0.304 e. The van der Waals surface area contributed by atoms with Crippen LogP contribution in [0, 0.1) is 11.8 Å². The van der Waals surface area contributed by atoms with Crippen LogP contribution in [0.15, 0.2) is 0 Å². The van der Waals surface area contributed by atoms with Gasteiger partial charge in [-0.3, -0.25) is 9.59 Å². The molecule has 1 amide bonds. The summed E-state index contributed by atoms with van der Waals surface area (Å²) >= 11 is 0. The molecule has 0 bridgehead atoms. The van der Waals surface area contributed by atoms with E-state index in [2.05, 4.69) is 5.32 Å². The summed E-state index contributed by atoms with van der Waals surface area (Å²) in [6.45, 7) is 3.84. The number of rotatable bonds is 5. The topological polar surface area (TPSA) is 66.4 Å². The quantitative estimate of drug-likeness (QED) is 0.671. The van der Waals surface area contributed by atoms with Crippen LogP contribution in [0.1, 0.15) is 26.7 Å². The third-order valence-corrected chi connectivity index (χ3v) is 2.31. The monoisotopic (exact) mass is 187 g/mol. The van der Waals surface area contributed by atoms with Crippen molar-refractivity contribution in [3.8, 4) is 0 Å². The van der Waals surface area contributed by atoms with Crippen molar-refractivity contribution in [2.75, 3.05) is 7.05 Å². The molecule has 0 saturated carbocycles. The Kier molecular flexibility index (Phi) is 5.11. The van der Waals surface area contributed by atoms with Crippen molar-refractivity contribution in [2.24, 2.45) is 11.8 Å². The van der Waals surface area contributed by atoms with Crippen molar-refractivity contribution in [1.82, 2.24) is 5.32 Å². The number of nitrogens with one attached hydrogen (secondary N) is 1. The lowest BCUT2D eigenvalue weighted by Gasteiger charge is -2.19. The Balaban J connectivity index is 4.35. The summed E-state index contributed by atoms with van der Waals surface area (Å²) in [6.07, 6.45) is 0.722. The predicted octanol–water partition coefficient (Wildman–Crippen LogP) is 0.869. The summed E-state index contributed by atoms with van der Waals surface area (Å²) in [6, 6.07) is 0. The van der Waals surface area contributed by atoms with Crippen molar-refractivity contribution >= 4 is 11.9 Å². The molecular formula is C9H17NO3. The summed E-state index contributed by atoms with van der Waals surface area (Å²) in [4.78, 5) is 21.7. The minimum absolute atomic E-state index is 0.0886. The van der Waals surface area contributed by atoms with E-state index in [1.165, 1.54) is 7.05 Å². The molecule has 0 spiro atoms. The van der Waals surface area contributed by atoms with Gasteiger partial charge in [0.15, 0.2) is 0 Å². The minimum atomic E-state index is -0.922. The van der Waals surface area contributed by atoms with Gasteiger partial charge in [-0.25, -0.2) is 0 Å². The molecule has 0 aliphatic rings. The first-order chi connectivity index (χ1) is 6.02. The molecule has 76 valence electrons. The van der Waals surface area contributed by atoms with Crippen LogP contribution in [0.3, 0.4) is 0 Å². The van der Waals surface area contributed by atoms with Gasteiger partial charge in [0, 0.05) is 7.05 Å². The Morgan fingerprint density at radius 1 is 1.46 bits per heavy atom. The van der Waals surface area contributed by atoms with Crippen molar-refractivity contribution in [1.29, 1.82) is 0 Å². The highest BCUT2D eigenvalue weighted by atomic mass is 16.4. The van der Waals surface area contributed by atoms with Crippen molar-refractivity contribution in [3.05, 3.63) is 0 Å². The molecule has 0 fully saturated rings. The van der Waals surface area contributed by atoms with Crippen molar-refractivity contribution in [3.63, 3.8) is 0 Å². The highest BCUT2D eigenvalue weighted by Crippen LogP contribution is 2.18. The predicted molar refractivity (Wildman–Crippen MR) is 49.3 cm³/mol. The fourth-order valence-corrected chi connectivity index (χ4v) is 1.21. The van der Waals surface area contributed by atoms with E-state index >= 15 is 0 Å². The lowest BCUT2D eigenvalue weighted by atomic mass is 9.88. The first kappa shape index (κ1) is 11.9. The first-order valence-electron chi connectivity index (χ1n) is 4.46. The number of hydrogen-bond donors (Lipinski definition) is 2. The molecule has 0 heterocycles. The van der Waals surface area contributed by atoms with Gasteiger partial charge in [0.1, 0.15) is 0 Å². The molecule has 0 aromatic rings. The molecule has 4 heteroatoms. The molecule has 0 aromatic carbocycles. The summed E-state index contributed by atoms with van der Waals surface area (Å²) in [5.41, 5.74) is 0. The zero-order chi connectivity index (χ0) is 10.4. The van der Waals surface area contributed by atoms with Gasteiger partial charge >= 0.3 is 5.97 Å². The summed E-state index contributed by atoms with van der Waals surface area (Å²) in [7, 11) is 1.53. The second kappa shape index (κ2) is 5.56. The smallest absolute Gasteiger partial charge is 0.304 e. The fourth-order valence-electron chi connectivity index (χ4n) is 1.21. The van der Waals surface area contributed by atoms with E-state index in [0.29, 0.717) is 0 Å². The van der Waals surface area contributed by atoms with E-state index in [-0.39, 0.29) is 18.2 Å². The molecule has 2 atom stereocenters. The third kappa shape index (κ3) is 3.92. The zero-order valence-electron chi connectivity index (χ0n) is 8.33. The SMILES string of the molecule is CCC(C)C(CC(=O)O)C(=O)NC. The highest BCUT2D eigenvalue weighted by Gasteiger charge is 2.25. The molecule has 0 rings (SSSR count). The molecule has 2 N–H and O–H groups in total.